The average molecular weight is 1150 g/mol. The number of hydrogen-bond acceptors (Lipinski definition) is 15. The van der Waals surface area contributed by atoms with Gasteiger partial charge in [-0.1, -0.05) is 126 Å². The first-order valence-corrected chi connectivity index (χ1v) is 34.2. The molecule has 1 amide bonds. The van der Waals surface area contributed by atoms with E-state index in [-0.39, 0.29) is 47.2 Å². The van der Waals surface area contributed by atoms with Gasteiger partial charge in [-0.2, -0.15) is 0 Å². The molecule has 5 rings (SSSR count). The molecule has 18 heteroatoms. The third-order valence-electron chi connectivity index (χ3n) is 18.5. The number of ketones is 1. The predicted octanol–water partition coefficient (Wildman–Crippen LogP) is 12.2. The maximum Gasteiger partial charge on any atom is 0.408 e. The van der Waals surface area contributed by atoms with Crippen LogP contribution in [0.1, 0.15) is 187 Å². The van der Waals surface area contributed by atoms with Gasteiger partial charge in [0, 0.05) is 31.6 Å². The van der Waals surface area contributed by atoms with Crippen LogP contribution in [0.4, 0.5) is 4.79 Å². The highest BCUT2D eigenvalue weighted by Gasteiger charge is 2.79. The number of rotatable bonds is 23. The van der Waals surface area contributed by atoms with Gasteiger partial charge in [0.15, 0.2) is 31.9 Å². The Balaban J connectivity index is 1.92. The van der Waals surface area contributed by atoms with E-state index in [2.05, 4.69) is 67.6 Å². The normalized spacial score (nSPS) is 28.3. The van der Waals surface area contributed by atoms with Crippen molar-refractivity contribution in [3.05, 3.63) is 58.7 Å². The lowest BCUT2D eigenvalue weighted by Gasteiger charge is -2.68. The molecule has 2 saturated carbocycles. The number of alkyl carbamates (subject to hydrolysis) is 1. The molecule has 0 unspecified atom stereocenters. The number of fused-ring (bicyclic) bond motifs is 5. The predicted molar refractivity (Wildman–Crippen MR) is 312 cm³/mol. The SMILES string of the molecule is CCCCCC(=O)O[C@H]1C(=O)[C@]2(C)[C@@H](O[Si](CC)(CC)CC)C[C@H]3OC[C@@]3(OC(C)=O)[C@H]2[C@H](OC(=O)c2ccccc2)[C@]2(O)C[C@H](OC(=O)[C@H](O[Si](C(C)C)(C(C)C)C(C)C)[C@H](C=C(C)C)NC(=O)OC(C)(C)C)C(C)=C1C2(C)C. The molecule has 1 heterocycles. The Bertz CT molecular complexity index is 2430. The lowest BCUT2D eigenvalue weighted by Crippen LogP contribution is -2.82. The maximum absolute atomic E-state index is 16.9. The number of carbonyl (C=O) groups excluding carboxylic acids is 6. The van der Waals surface area contributed by atoms with Crippen LogP contribution in [0.3, 0.4) is 0 Å². The Labute approximate surface area is 480 Å². The summed E-state index contributed by atoms with van der Waals surface area (Å²) in [4.78, 5) is 89.9. The Kier molecular flexibility index (Phi) is 21.4. The molecule has 80 heavy (non-hydrogen) atoms. The second-order valence-corrected chi connectivity index (χ2v) is 36.3. The molecule has 0 spiro atoms. The first-order valence-electron chi connectivity index (χ1n) is 29.6. The monoisotopic (exact) mass is 1150 g/mol. The number of esters is 4. The van der Waals surface area contributed by atoms with Gasteiger partial charge in [-0.3, -0.25) is 14.4 Å². The van der Waals surface area contributed by atoms with Gasteiger partial charge in [0.2, 0.25) is 8.32 Å². The van der Waals surface area contributed by atoms with Gasteiger partial charge in [0.05, 0.1) is 35.6 Å². The summed E-state index contributed by atoms with van der Waals surface area (Å²) in [5.74, 6) is -5.09. The van der Waals surface area contributed by atoms with Crippen molar-refractivity contribution in [2.75, 3.05) is 6.61 Å². The minimum absolute atomic E-state index is 0.0160. The highest BCUT2D eigenvalue weighted by Crippen LogP contribution is 2.65. The number of Topliss-reactive ketones (excluding diaryl/α,β-unsaturated/α-hetero) is 1. The van der Waals surface area contributed by atoms with Gasteiger partial charge in [0.25, 0.3) is 0 Å². The van der Waals surface area contributed by atoms with E-state index >= 15 is 14.4 Å². The van der Waals surface area contributed by atoms with E-state index in [0.29, 0.717) is 30.1 Å². The Morgan fingerprint density at radius 1 is 0.863 bits per heavy atom. The van der Waals surface area contributed by atoms with Crippen molar-refractivity contribution in [2.45, 2.75) is 271 Å². The van der Waals surface area contributed by atoms with E-state index in [1.165, 1.54) is 6.92 Å². The number of allylic oxidation sites excluding steroid dienone is 1. The minimum Gasteiger partial charge on any atom is -0.456 e. The summed E-state index contributed by atoms with van der Waals surface area (Å²) in [6.07, 6.45) is -5.59. The number of nitrogens with one attached hydrogen (secondary N) is 1. The van der Waals surface area contributed by atoms with Crippen molar-refractivity contribution in [3.8, 4) is 0 Å². The van der Waals surface area contributed by atoms with Crippen LogP contribution in [0.5, 0.6) is 0 Å². The van der Waals surface area contributed by atoms with Crippen molar-refractivity contribution in [2.24, 2.45) is 16.7 Å². The third-order valence-corrected chi connectivity index (χ3v) is 29.2. The molecule has 0 aromatic heterocycles. The Morgan fingerprint density at radius 3 is 1.94 bits per heavy atom. The summed E-state index contributed by atoms with van der Waals surface area (Å²) in [5, 5.41) is 17.5. The van der Waals surface area contributed by atoms with E-state index in [0.717, 1.165) is 18.4 Å². The highest BCUT2D eigenvalue weighted by atomic mass is 28.4. The number of amides is 1. The standard InChI is InChI=1S/C62H99NO15Si2/c1-21-25-27-32-48(65)73-51-49-41(13)45(72-56(68)50(78-80(38(7)8,39(9)10)40(11)12)44(33-37(5)6)63-57(69)76-58(15,16)17)35-62(70,59(49,18)19)54(74-55(67)43-30-28-26-29-31-43)52-60(20,53(51)66)46(77-79(22-2,23-3)24-4)34-47-61(52,36-71-47)75-42(14)64/h26,28-31,33,38-40,44-47,50-52,54,70H,21-25,27,32,34-36H2,1-20H3,(H,63,69)/t44-,45-,46-,47+,50+,51+,52-,54-,60+,61-,62+/m0/s1. The van der Waals surface area contributed by atoms with Crippen LogP contribution in [0, 0.1) is 16.7 Å². The summed E-state index contributed by atoms with van der Waals surface area (Å²) < 4.78 is 53.8. The van der Waals surface area contributed by atoms with E-state index in [1.807, 2.05) is 20.8 Å². The maximum atomic E-state index is 16.9. The van der Waals surface area contributed by atoms with E-state index in [1.54, 1.807) is 84.9 Å². The molecular weight excluding hydrogens is 1050 g/mol. The molecule has 2 bridgehead atoms. The number of ether oxygens (including phenoxy) is 6. The lowest BCUT2D eigenvalue weighted by atomic mass is 9.44. The van der Waals surface area contributed by atoms with E-state index in [4.69, 9.17) is 37.3 Å². The smallest absolute Gasteiger partial charge is 0.408 e. The van der Waals surface area contributed by atoms with E-state index in [9.17, 15) is 19.5 Å². The van der Waals surface area contributed by atoms with Gasteiger partial charge in [-0.25, -0.2) is 14.4 Å². The average Bonchev–Trinajstić information content (AvgIpc) is 3.35. The fourth-order valence-electron chi connectivity index (χ4n) is 14.1. The van der Waals surface area contributed by atoms with Crippen LogP contribution in [-0.4, -0.2) is 124 Å². The molecule has 11 atom stereocenters. The van der Waals surface area contributed by atoms with Gasteiger partial charge in [-0.15, -0.1) is 0 Å². The van der Waals surface area contributed by atoms with E-state index < -0.39 is 135 Å². The first-order chi connectivity index (χ1) is 37.1. The molecule has 2 N–H and O–H groups in total. The van der Waals surface area contributed by atoms with Gasteiger partial charge < -0.3 is 47.7 Å². The van der Waals surface area contributed by atoms with Gasteiger partial charge >= 0.3 is 30.0 Å². The van der Waals surface area contributed by atoms with Crippen LogP contribution >= 0.6 is 0 Å². The molecule has 0 radical (unpaired) electrons. The van der Waals surface area contributed by atoms with Crippen molar-refractivity contribution < 1.29 is 71.1 Å². The lowest BCUT2D eigenvalue weighted by molar-refractivity contribution is -0.344. The summed E-state index contributed by atoms with van der Waals surface area (Å²) in [6.45, 7) is 37.5. The number of unbranched alkanes of at least 4 members (excludes halogenated alkanes) is 2. The molecule has 1 aromatic rings. The largest absolute Gasteiger partial charge is 0.456 e. The molecule has 3 fully saturated rings. The highest BCUT2D eigenvalue weighted by molar-refractivity contribution is 6.77. The van der Waals surface area contributed by atoms with Crippen molar-refractivity contribution in [1.82, 2.24) is 5.32 Å². The van der Waals surface area contributed by atoms with Crippen LogP contribution in [0.25, 0.3) is 0 Å². The summed E-state index contributed by atoms with van der Waals surface area (Å²) in [5.41, 5.74) is -7.09. The number of benzene rings is 1. The summed E-state index contributed by atoms with van der Waals surface area (Å²) in [7, 11) is -5.71. The third kappa shape index (κ3) is 12.9. The second kappa shape index (κ2) is 25.7. The zero-order valence-corrected chi connectivity index (χ0v) is 54.0. The number of aliphatic hydroxyl groups is 1. The van der Waals surface area contributed by atoms with Crippen LogP contribution < -0.4 is 5.32 Å². The fraction of sp³-hybridized carbons (Fsp3) is 0.742. The molecule has 4 aliphatic rings. The zero-order valence-electron chi connectivity index (χ0n) is 52.0. The number of carbonyl (C=O) groups is 6. The molecule has 450 valence electrons. The number of hydrogen-bond donors (Lipinski definition) is 2. The molecule has 3 aliphatic carbocycles. The minimum atomic E-state index is -3.03. The van der Waals surface area contributed by atoms with Crippen molar-refractivity contribution >= 4 is 52.4 Å². The second-order valence-electron chi connectivity index (χ2n) is 26.1. The molecule has 16 nitrogen and oxygen atoms in total. The summed E-state index contributed by atoms with van der Waals surface area (Å²) in [6, 6.07) is 9.24. The van der Waals surface area contributed by atoms with Crippen molar-refractivity contribution in [1.29, 1.82) is 0 Å². The van der Waals surface area contributed by atoms with Crippen molar-refractivity contribution in [3.63, 3.8) is 0 Å². The zero-order chi connectivity index (χ0) is 60.3. The van der Waals surface area contributed by atoms with Crippen LogP contribution in [-0.2, 0) is 56.5 Å². The molecule has 1 aliphatic heterocycles. The molecule has 1 aromatic carbocycles. The first kappa shape index (κ1) is 66.6. The topological polar surface area (TPSA) is 209 Å². The van der Waals surface area contributed by atoms with Crippen LogP contribution in [0.15, 0.2) is 53.1 Å². The van der Waals surface area contributed by atoms with Crippen LogP contribution in [0.2, 0.25) is 34.8 Å². The fourth-order valence-corrected chi connectivity index (χ4v) is 22.6. The molecular formula is C62H99NO15Si2. The van der Waals surface area contributed by atoms with Gasteiger partial charge in [-0.05, 0) is 113 Å². The quantitative estimate of drug-likeness (QED) is 0.0343. The molecule has 1 saturated heterocycles. The summed E-state index contributed by atoms with van der Waals surface area (Å²) >= 11 is 0. The Morgan fingerprint density at radius 2 is 1.45 bits per heavy atom. The Hall–Kier alpha value is -4.21. The van der Waals surface area contributed by atoms with Gasteiger partial charge in [0.1, 0.15) is 29.5 Å².